The summed E-state index contributed by atoms with van der Waals surface area (Å²) in [4.78, 5) is 17.1. The van der Waals surface area contributed by atoms with Crippen LogP contribution in [0.5, 0.6) is 11.5 Å². The maximum Gasteiger partial charge on any atom is 0.407 e. The van der Waals surface area contributed by atoms with Crippen LogP contribution in [0.4, 0.5) is 16.2 Å². The van der Waals surface area contributed by atoms with Gasteiger partial charge in [0.25, 0.3) is 0 Å². The molecule has 0 aliphatic carbocycles. The van der Waals surface area contributed by atoms with Crippen LogP contribution in [0.2, 0.25) is 0 Å². The lowest BCUT2D eigenvalue weighted by atomic mass is 10.1. The van der Waals surface area contributed by atoms with Crippen molar-refractivity contribution < 1.29 is 24.1 Å². The molecule has 1 atom stereocenters. The summed E-state index contributed by atoms with van der Waals surface area (Å²) in [5.41, 5.74) is 10.3. The number of alkyl carbamates (subject to hydrolysis) is 1. The average Bonchev–Trinajstić information content (AvgIpc) is 2.95. The SMILES string of the molecule is COc1ccc(CNC(=O)OCc2ccccc2)c(OCC(C)O)c1N1CCN(Cc2ccc(N)cc2)CC1. The average molecular weight is 535 g/mol. The van der Waals surface area contributed by atoms with Crippen LogP contribution in [0.1, 0.15) is 23.6 Å². The third kappa shape index (κ3) is 8.02. The normalized spacial score (nSPS) is 14.5. The minimum absolute atomic E-state index is 0.114. The Labute approximate surface area is 230 Å². The van der Waals surface area contributed by atoms with Crippen molar-refractivity contribution in [3.05, 3.63) is 83.4 Å². The molecule has 0 spiro atoms. The van der Waals surface area contributed by atoms with Crippen LogP contribution in [0, 0.1) is 0 Å². The lowest BCUT2D eigenvalue weighted by Gasteiger charge is -2.37. The zero-order valence-corrected chi connectivity index (χ0v) is 22.6. The number of hydrogen-bond acceptors (Lipinski definition) is 8. The molecule has 208 valence electrons. The Kier molecular flexibility index (Phi) is 9.88. The fourth-order valence-corrected chi connectivity index (χ4v) is 4.52. The Balaban J connectivity index is 1.45. The first-order valence-corrected chi connectivity index (χ1v) is 13.2. The maximum atomic E-state index is 12.4. The van der Waals surface area contributed by atoms with Crippen LogP contribution in [0.15, 0.2) is 66.7 Å². The summed E-state index contributed by atoms with van der Waals surface area (Å²) in [5.74, 6) is 1.27. The van der Waals surface area contributed by atoms with E-state index in [2.05, 4.69) is 27.2 Å². The summed E-state index contributed by atoms with van der Waals surface area (Å²) in [6, 6.07) is 21.3. The first-order valence-electron chi connectivity index (χ1n) is 13.2. The van der Waals surface area contributed by atoms with Gasteiger partial charge in [0.05, 0.1) is 13.2 Å². The second kappa shape index (κ2) is 13.7. The number of methoxy groups -OCH3 is 1. The largest absolute Gasteiger partial charge is 0.494 e. The van der Waals surface area contributed by atoms with Gasteiger partial charge < -0.3 is 35.3 Å². The number of nitrogens with two attached hydrogens (primary N) is 1. The molecule has 9 heteroatoms. The number of amides is 1. The first-order chi connectivity index (χ1) is 18.9. The molecule has 3 aromatic rings. The van der Waals surface area contributed by atoms with Crippen LogP contribution < -0.4 is 25.4 Å². The number of ether oxygens (including phenoxy) is 3. The standard InChI is InChI=1S/C30H38N4O5/c1-22(35)20-38-29-25(18-32-30(36)39-21-24-6-4-3-5-7-24)10-13-27(37-2)28(29)34-16-14-33(15-17-34)19-23-8-11-26(31)12-9-23/h3-13,22,35H,14-21,31H2,1-2H3,(H,32,36). The quantitative estimate of drug-likeness (QED) is 0.319. The third-order valence-corrected chi connectivity index (χ3v) is 6.58. The van der Waals surface area contributed by atoms with Gasteiger partial charge in [-0.25, -0.2) is 4.79 Å². The highest BCUT2D eigenvalue weighted by molar-refractivity contribution is 5.72. The van der Waals surface area contributed by atoms with Crippen LogP contribution >= 0.6 is 0 Å². The van der Waals surface area contributed by atoms with Crippen LogP contribution in [-0.4, -0.2) is 62.1 Å². The van der Waals surface area contributed by atoms with E-state index in [9.17, 15) is 9.90 Å². The summed E-state index contributed by atoms with van der Waals surface area (Å²) in [7, 11) is 1.63. The molecule has 1 fully saturated rings. The number of anilines is 2. The van der Waals surface area contributed by atoms with E-state index in [1.54, 1.807) is 14.0 Å². The second-order valence-electron chi connectivity index (χ2n) is 9.68. The van der Waals surface area contributed by atoms with Gasteiger partial charge in [-0.15, -0.1) is 0 Å². The lowest BCUT2D eigenvalue weighted by molar-refractivity contribution is 0.121. The van der Waals surface area contributed by atoms with Crippen molar-refractivity contribution in [3.63, 3.8) is 0 Å². The monoisotopic (exact) mass is 534 g/mol. The van der Waals surface area contributed by atoms with Crippen molar-refractivity contribution in [2.24, 2.45) is 0 Å². The molecule has 0 bridgehead atoms. The minimum atomic E-state index is -0.655. The Morgan fingerprint density at radius 3 is 2.38 bits per heavy atom. The molecule has 1 aliphatic heterocycles. The van der Waals surface area contributed by atoms with E-state index in [4.69, 9.17) is 19.9 Å². The fraction of sp³-hybridized carbons (Fsp3) is 0.367. The number of hydrogen-bond donors (Lipinski definition) is 3. The number of aliphatic hydroxyl groups is 1. The van der Waals surface area contributed by atoms with Crippen molar-refractivity contribution in [3.8, 4) is 11.5 Å². The Bertz CT molecular complexity index is 1200. The molecular formula is C30H38N4O5. The van der Waals surface area contributed by atoms with Crippen LogP contribution in [-0.2, 0) is 24.4 Å². The molecule has 9 nitrogen and oxygen atoms in total. The molecule has 1 unspecified atom stereocenters. The van der Waals surface area contributed by atoms with Gasteiger partial charge in [-0.2, -0.15) is 0 Å². The van der Waals surface area contributed by atoms with E-state index in [0.717, 1.165) is 55.2 Å². The number of nitrogens with one attached hydrogen (secondary N) is 1. The number of nitrogen functional groups attached to an aromatic ring is 1. The van der Waals surface area contributed by atoms with E-state index >= 15 is 0 Å². The number of carbonyl (C=O) groups excluding carboxylic acids is 1. The molecular weight excluding hydrogens is 496 g/mol. The van der Waals surface area contributed by atoms with Gasteiger partial charge in [0.2, 0.25) is 0 Å². The number of aliphatic hydroxyl groups excluding tert-OH is 1. The molecule has 39 heavy (non-hydrogen) atoms. The highest BCUT2D eigenvalue weighted by Crippen LogP contribution is 2.41. The van der Waals surface area contributed by atoms with Crippen molar-refractivity contribution in [1.29, 1.82) is 0 Å². The van der Waals surface area contributed by atoms with E-state index < -0.39 is 12.2 Å². The van der Waals surface area contributed by atoms with E-state index in [1.165, 1.54) is 5.56 Å². The van der Waals surface area contributed by atoms with Crippen molar-refractivity contribution in [1.82, 2.24) is 10.2 Å². The van der Waals surface area contributed by atoms with Gasteiger partial charge >= 0.3 is 6.09 Å². The first kappa shape index (κ1) is 28.1. The molecule has 1 saturated heterocycles. The Morgan fingerprint density at radius 1 is 1.00 bits per heavy atom. The number of carbonyl (C=O) groups is 1. The van der Waals surface area contributed by atoms with Gasteiger partial charge in [0.15, 0.2) is 5.75 Å². The van der Waals surface area contributed by atoms with Gasteiger partial charge in [0, 0.05) is 50.5 Å². The Hall–Kier alpha value is -3.95. The number of rotatable bonds is 11. The molecule has 1 aliphatic rings. The molecule has 0 radical (unpaired) electrons. The molecule has 4 N–H and O–H groups in total. The second-order valence-corrected chi connectivity index (χ2v) is 9.68. The molecule has 0 aromatic heterocycles. The third-order valence-electron chi connectivity index (χ3n) is 6.58. The number of benzene rings is 3. The lowest BCUT2D eigenvalue weighted by Crippen LogP contribution is -2.46. The van der Waals surface area contributed by atoms with Crippen LogP contribution in [0.25, 0.3) is 0 Å². The van der Waals surface area contributed by atoms with E-state index in [-0.39, 0.29) is 19.8 Å². The summed E-state index contributed by atoms with van der Waals surface area (Å²) in [6.45, 7) is 6.29. The predicted molar refractivity (Wildman–Crippen MR) is 152 cm³/mol. The van der Waals surface area contributed by atoms with Gasteiger partial charge in [0.1, 0.15) is 24.7 Å². The number of piperazine rings is 1. The molecule has 1 heterocycles. The predicted octanol–water partition coefficient (Wildman–Crippen LogP) is 3.79. The minimum Gasteiger partial charge on any atom is -0.494 e. The molecule has 3 aromatic carbocycles. The smallest absolute Gasteiger partial charge is 0.407 e. The maximum absolute atomic E-state index is 12.4. The van der Waals surface area contributed by atoms with Crippen molar-refractivity contribution in [2.45, 2.75) is 32.7 Å². The Morgan fingerprint density at radius 2 is 1.72 bits per heavy atom. The zero-order valence-electron chi connectivity index (χ0n) is 22.6. The highest BCUT2D eigenvalue weighted by Gasteiger charge is 2.26. The molecule has 1 amide bonds. The van der Waals surface area contributed by atoms with Gasteiger partial charge in [-0.05, 0) is 42.3 Å². The van der Waals surface area contributed by atoms with Crippen molar-refractivity contribution in [2.75, 3.05) is 50.5 Å². The zero-order chi connectivity index (χ0) is 27.6. The topological polar surface area (TPSA) is 110 Å². The fourth-order valence-electron chi connectivity index (χ4n) is 4.52. The van der Waals surface area contributed by atoms with E-state index in [1.807, 2.05) is 54.6 Å². The van der Waals surface area contributed by atoms with Crippen molar-refractivity contribution >= 4 is 17.5 Å². The summed E-state index contributed by atoms with van der Waals surface area (Å²) >= 11 is 0. The summed E-state index contributed by atoms with van der Waals surface area (Å²) in [6.07, 6.45) is -1.17. The molecule has 4 rings (SSSR count). The highest BCUT2D eigenvalue weighted by atomic mass is 16.5. The van der Waals surface area contributed by atoms with Gasteiger partial charge in [-0.1, -0.05) is 42.5 Å². The summed E-state index contributed by atoms with van der Waals surface area (Å²) < 4.78 is 17.2. The molecule has 0 saturated carbocycles. The van der Waals surface area contributed by atoms with Gasteiger partial charge in [-0.3, -0.25) is 4.90 Å². The van der Waals surface area contributed by atoms with Crippen LogP contribution in [0.3, 0.4) is 0 Å². The number of nitrogens with zero attached hydrogens (tertiary/aromatic N) is 2. The van der Waals surface area contributed by atoms with E-state index in [0.29, 0.717) is 11.5 Å². The summed E-state index contributed by atoms with van der Waals surface area (Å²) in [5, 5.41) is 12.8.